The number of hydrogen-bond acceptors (Lipinski definition) is 5. The Bertz CT molecular complexity index is 966. The molecule has 0 N–H and O–H groups in total. The van der Waals surface area contributed by atoms with Crippen LogP contribution in [0.25, 0.3) is 10.2 Å². The molecular weight excluding hydrogens is 348 g/mol. The van der Waals surface area contributed by atoms with Crippen LogP contribution >= 0.6 is 11.3 Å². The van der Waals surface area contributed by atoms with E-state index in [-0.39, 0.29) is 11.7 Å². The molecule has 1 aromatic heterocycles. The summed E-state index contributed by atoms with van der Waals surface area (Å²) < 4.78 is 11.8. The Morgan fingerprint density at radius 2 is 2.00 bits per heavy atom. The van der Waals surface area contributed by atoms with Crippen LogP contribution in [0.1, 0.15) is 11.1 Å². The molecule has 0 saturated carbocycles. The van der Waals surface area contributed by atoms with Crippen molar-refractivity contribution in [3.05, 3.63) is 71.7 Å². The van der Waals surface area contributed by atoms with Gasteiger partial charge in [-0.15, -0.1) is 0 Å². The van der Waals surface area contributed by atoms with E-state index in [2.05, 4.69) is 0 Å². The van der Waals surface area contributed by atoms with Gasteiger partial charge in [0.05, 0.1) is 16.8 Å². The molecule has 0 saturated heterocycles. The molecule has 1 aliphatic rings. The van der Waals surface area contributed by atoms with Crippen molar-refractivity contribution in [1.29, 1.82) is 0 Å². The van der Waals surface area contributed by atoms with Crippen LogP contribution in [0.4, 0.5) is 5.13 Å². The molecule has 26 heavy (non-hydrogen) atoms. The van der Waals surface area contributed by atoms with Crippen molar-refractivity contribution in [1.82, 2.24) is 4.98 Å². The molecule has 0 unspecified atom stereocenters. The molecule has 6 heteroatoms. The van der Waals surface area contributed by atoms with Crippen LogP contribution in [0, 0.1) is 6.92 Å². The van der Waals surface area contributed by atoms with E-state index in [0.717, 1.165) is 21.3 Å². The Labute approximate surface area is 155 Å². The van der Waals surface area contributed by atoms with Crippen molar-refractivity contribution < 1.29 is 14.3 Å². The highest BCUT2D eigenvalue weighted by Crippen LogP contribution is 2.32. The Morgan fingerprint density at radius 1 is 1.15 bits per heavy atom. The average Bonchev–Trinajstić information content (AvgIpc) is 3.12. The zero-order valence-corrected chi connectivity index (χ0v) is 15.2. The zero-order valence-electron chi connectivity index (χ0n) is 14.3. The van der Waals surface area contributed by atoms with Crippen molar-refractivity contribution >= 4 is 32.6 Å². The number of aryl methyl sites for hydroxylation is 1. The smallest absolute Gasteiger partial charge is 0.298 e. The summed E-state index contributed by atoms with van der Waals surface area (Å²) in [5, 5.41) is 0.651. The lowest BCUT2D eigenvalue weighted by Crippen LogP contribution is -2.33. The summed E-state index contributed by atoms with van der Waals surface area (Å²) in [5.41, 5.74) is 3.04. The van der Waals surface area contributed by atoms with Gasteiger partial charge in [-0.3, -0.25) is 9.69 Å². The minimum Gasteiger partial charge on any atom is -0.494 e. The molecule has 2 aromatic carbocycles. The molecule has 0 fully saturated rings. The Hall–Kier alpha value is -2.86. The van der Waals surface area contributed by atoms with Crippen LogP contribution in [0.15, 0.2) is 60.6 Å². The van der Waals surface area contributed by atoms with Crippen LogP contribution in [-0.4, -0.2) is 24.1 Å². The number of ether oxygens (including phenoxy) is 2. The van der Waals surface area contributed by atoms with Crippen molar-refractivity contribution in [2.24, 2.45) is 0 Å². The van der Waals surface area contributed by atoms with E-state index >= 15 is 0 Å². The SMILES string of the molecule is Cc1cccc2sc(N(Cc3ccccc3)C(=O)C3=COCCO3)nc12. The molecule has 0 bridgehead atoms. The number of benzene rings is 2. The first-order valence-electron chi connectivity index (χ1n) is 8.39. The predicted octanol–water partition coefficient (Wildman–Crippen LogP) is 4.03. The lowest BCUT2D eigenvalue weighted by atomic mass is 10.2. The molecule has 5 nitrogen and oxygen atoms in total. The van der Waals surface area contributed by atoms with Crippen molar-refractivity contribution in [3.8, 4) is 0 Å². The molecule has 2 heterocycles. The highest BCUT2D eigenvalue weighted by Gasteiger charge is 2.26. The third kappa shape index (κ3) is 3.28. The number of rotatable bonds is 4. The number of nitrogens with zero attached hydrogens (tertiary/aromatic N) is 2. The lowest BCUT2D eigenvalue weighted by Gasteiger charge is -2.23. The van der Waals surface area contributed by atoms with Gasteiger partial charge in [0.2, 0.25) is 5.76 Å². The maximum absolute atomic E-state index is 13.1. The summed E-state index contributed by atoms with van der Waals surface area (Å²) in [6, 6.07) is 15.9. The highest BCUT2D eigenvalue weighted by molar-refractivity contribution is 7.22. The van der Waals surface area contributed by atoms with Crippen LogP contribution < -0.4 is 4.90 Å². The van der Waals surface area contributed by atoms with E-state index in [0.29, 0.717) is 24.9 Å². The van der Waals surface area contributed by atoms with Gasteiger partial charge in [-0.05, 0) is 24.1 Å². The normalized spacial score (nSPS) is 13.7. The Morgan fingerprint density at radius 3 is 2.73 bits per heavy atom. The number of fused-ring (bicyclic) bond motifs is 1. The van der Waals surface area contributed by atoms with E-state index in [1.807, 2.05) is 55.5 Å². The molecule has 3 aromatic rings. The quantitative estimate of drug-likeness (QED) is 0.700. The molecule has 132 valence electrons. The summed E-state index contributed by atoms with van der Waals surface area (Å²) in [5.74, 6) is -0.0339. The van der Waals surface area contributed by atoms with Gasteiger partial charge in [-0.25, -0.2) is 4.98 Å². The molecule has 4 rings (SSSR count). The van der Waals surface area contributed by atoms with E-state index in [4.69, 9.17) is 14.5 Å². The van der Waals surface area contributed by atoms with Crippen molar-refractivity contribution in [2.45, 2.75) is 13.5 Å². The highest BCUT2D eigenvalue weighted by atomic mass is 32.1. The molecular formula is C20H18N2O3S. The van der Waals surface area contributed by atoms with Gasteiger partial charge in [0.15, 0.2) is 5.13 Å². The standard InChI is InChI=1S/C20H18N2O3S/c1-14-6-5-9-17-18(14)21-20(26-17)22(12-15-7-3-2-4-8-15)19(23)16-13-24-10-11-25-16/h2-9,13H,10-12H2,1H3. The first-order chi connectivity index (χ1) is 12.7. The fourth-order valence-corrected chi connectivity index (χ4v) is 3.84. The monoisotopic (exact) mass is 366 g/mol. The minimum absolute atomic E-state index is 0.211. The van der Waals surface area contributed by atoms with Gasteiger partial charge >= 0.3 is 0 Å². The van der Waals surface area contributed by atoms with Crippen LogP contribution in [0.3, 0.4) is 0 Å². The Kier molecular flexibility index (Phi) is 4.58. The zero-order chi connectivity index (χ0) is 17.9. The number of carbonyl (C=O) groups is 1. The van der Waals surface area contributed by atoms with Crippen LogP contribution in [0.5, 0.6) is 0 Å². The maximum Gasteiger partial charge on any atom is 0.298 e. The molecule has 0 atom stereocenters. The summed E-state index contributed by atoms with van der Waals surface area (Å²) in [4.78, 5) is 19.5. The first-order valence-corrected chi connectivity index (χ1v) is 9.20. The second-order valence-corrected chi connectivity index (χ2v) is 7.01. The second kappa shape index (κ2) is 7.17. The molecule has 0 spiro atoms. The summed E-state index contributed by atoms with van der Waals surface area (Å²) in [6.45, 7) is 3.26. The van der Waals surface area contributed by atoms with Crippen molar-refractivity contribution in [3.63, 3.8) is 0 Å². The van der Waals surface area contributed by atoms with E-state index < -0.39 is 0 Å². The van der Waals surface area contributed by atoms with Gasteiger partial charge < -0.3 is 9.47 Å². The molecule has 0 aliphatic carbocycles. The lowest BCUT2D eigenvalue weighted by molar-refractivity contribution is -0.119. The number of anilines is 1. The van der Waals surface area contributed by atoms with Crippen LogP contribution in [-0.2, 0) is 20.8 Å². The van der Waals surface area contributed by atoms with E-state index in [1.165, 1.54) is 17.6 Å². The van der Waals surface area contributed by atoms with E-state index in [9.17, 15) is 4.79 Å². The largest absolute Gasteiger partial charge is 0.494 e. The van der Waals surface area contributed by atoms with Gasteiger partial charge in [-0.2, -0.15) is 0 Å². The number of carbonyl (C=O) groups excluding carboxylic acids is 1. The Balaban J connectivity index is 1.74. The summed E-state index contributed by atoms with van der Waals surface area (Å²) >= 11 is 1.50. The first kappa shape index (κ1) is 16.6. The second-order valence-electron chi connectivity index (χ2n) is 6.00. The van der Waals surface area contributed by atoms with Gasteiger partial charge in [0.25, 0.3) is 5.91 Å². The third-order valence-corrected chi connectivity index (χ3v) is 5.17. The third-order valence-electron chi connectivity index (χ3n) is 4.13. The number of amides is 1. The van der Waals surface area contributed by atoms with Crippen molar-refractivity contribution in [2.75, 3.05) is 18.1 Å². The van der Waals surface area contributed by atoms with E-state index in [1.54, 1.807) is 4.90 Å². The summed E-state index contributed by atoms with van der Waals surface area (Å²) in [6.07, 6.45) is 1.39. The van der Waals surface area contributed by atoms with Gasteiger partial charge in [0.1, 0.15) is 19.5 Å². The van der Waals surface area contributed by atoms with Crippen LogP contribution in [0.2, 0.25) is 0 Å². The predicted molar refractivity (Wildman–Crippen MR) is 102 cm³/mol. The molecule has 1 amide bonds. The fraction of sp³-hybridized carbons (Fsp3) is 0.200. The molecule has 0 radical (unpaired) electrons. The van der Waals surface area contributed by atoms with Gasteiger partial charge in [0, 0.05) is 0 Å². The number of aromatic nitrogens is 1. The van der Waals surface area contributed by atoms with Gasteiger partial charge in [-0.1, -0.05) is 53.8 Å². The number of para-hydroxylation sites is 1. The summed E-state index contributed by atoms with van der Waals surface area (Å²) in [7, 11) is 0. The topological polar surface area (TPSA) is 51.7 Å². The number of thiazole rings is 1. The molecule has 1 aliphatic heterocycles. The maximum atomic E-state index is 13.1. The minimum atomic E-state index is -0.245. The fourth-order valence-electron chi connectivity index (χ4n) is 2.80. The number of hydrogen-bond donors (Lipinski definition) is 0. The average molecular weight is 366 g/mol.